The van der Waals surface area contributed by atoms with Crippen molar-refractivity contribution < 1.29 is 40.7 Å². The molecular formula is C14H14F6N2O3. The van der Waals surface area contributed by atoms with Crippen LogP contribution in [-0.4, -0.2) is 30.3 Å². The number of hydrogen-bond acceptors (Lipinski definition) is 4. The van der Waals surface area contributed by atoms with Crippen LogP contribution in [0.3, 0.4) is 0 Å². The van der Waals surface area contributed by atoms with E-state index in [0.717, 1.165) is 12.1 Å². The SMILES string of the molecule is CCOC(=O)[C@](NC(C)=O)(Nc1cccc(C(F)(F)F)c1)C(F)(F)F. The number of carbonyl (C=O) groups is 2. The molecule has 0 saturated heterocycles. The molecule has 1 aromatic rings. The molecular weight excluding hydrogens is 358 g/mol. The van der Waals surface area contributed by atoms with Crippen LogP contribution in [0.1, 0.15) is 19.4 Å². The van der Waals surface area contributed by atoms with E-state index in [1.165, 1.54) is 12.2 Å². The lowest BCUT2D eigenvalue weighted by atomic mass is 10.1. The Labute approximate surface area is 138 Å². The Morgan fingerprint density at radius 1 is 1.12 bits per heavy atom. The number of nitrogens with one attached hydrogen (secondary N) is 2. The van der Waals surface area contributed by atoms with Crippen LogP contribution in [-0.2, 0) is 20.5 Å². The fraction of sp³-hybridized carbons (Fsp3) is 0.429. The van der Waals surface area contributed by atoms with E-state index in [1.54, 1.807) is 5.32 Å². The van der Waals surface area contributed by atoms with Crippen molar-refractivity contribution in [2.24, 2.45) is 0 Å². The van der Waals surface area contributed by atoms with Gasteiger partial charge in [0.1, 0.15) is 0 Å². The highest BCUT2D eigenvalue weighted by Crippen LogP contribution is 2.35. The maximum atomic E-state index is 13.5. The van der Waals surface area contributed by atoms with Crippen LogP contribution in [0.2, 0.25) is 0 Å². The summed E-state index contributed by atoms with van der Waals surface area (Å²) in [5.41, 5.74) is -5.66. The van der Waals surface area contributed by atoms with Gasteiger partial charge in [0.2, 0.25) is 5.91 Å². The Bertz CT molecular complexity index is 644. The average molecular weight is 372 g/mol. The first kappa shape index (κ1) is 20.6. The Hall–Kier alpha value is -2.46. The number of benzene rings is 1. The lowest BCUT2D eigenvalue weighted by Gasteiger charge is -2.35. The molecule has 0 aliphatic carbocycles. The van der Waals surface area contributed by atoms with Crippen molar-refractivity contribution in [1.29, 1.82) is 0 Å². The number of halogens is 6. The first-order chi connectivity index (χ1) is 11.3. The van der Waals surface area contributed by atoms with E-state index in [9.17, 15) is 35.9 Å². The maximum Gasteiger partial charge on any atom is 0.441 e. The summed E-state index contributed by atoms with van der Waals surface area (Å²) in [6, 6.07) is 2.76. The van der Waals surface area contributed by atoms with Gasteiger partial charge in [-0.25, -0.2) is 4.79 Å². The highest BCUT2D eigenvalue weighted by Gasteiger charge is 2.63. The van der Waals surface area contributed by atoms with Gasteiger partial charge in [-0.05, 0) is 25.1 Å². The fourth-order valence-electron chi connectivity index (χ4n) is 1.88. The number of carbonyl (C=O) groups excluding carboxylic acids is 2. The van der Waals surface area contributed by atoms with Crippen LogP contribution in [0.25, 0.3) is 0 Å². The molecule has 0 saturated carbocycles. The largest absolute Gasteiger partial charge is 0.463 e. The Kier molecular flexibility index (Phi) is 5.92. The number of ether oxygens (including phenoxy) is 1. The molecule has 0 heterocycles. The second-order valence-electron chi connectivity index (χ2n) is 4.85. The summed E-state index contributed by atoms with van der Waals surface area (Å²) in [5.74, 6) is -3.15. The molecule has 140 valence electrons. The zero-order valence-corrected chi connectivity index (χ0v) is 13.0. The van der Waals surface area contributed by atoms with Crippen LogP contribution < -0.4 is 10.6 Å². The molecule has 0 aliphatic heterocycles. The van der Waals surface area contributed by atoms with Crippen LogP contribution in [0.15, 0.2) is 24.3 Å². The van der Waals surface area contributed by atoms with Gasteiger partial charge in [-0.2, -0.15) is 26.3 Å². The van der Waals surface area contributed by atoms with Crippen molar-refractivity contribution in [3.05, 3.63) is 29.8 Å². The van der Waals surface area contributed by atoms with E-state index in [4.69, 9.17) is 0 Å². The quantitative estimate of drug-likeness (QED) is 0.474. The third-order valence-electron chi connectivity index (χ3n) is 2.89. The second kappa shape index (κ2) is 7.19. The zero-order valence-electron chi connectivity index (χ0n) is 13.0. The Balaban J connectivity index is 3.42. The van der Waals surface area contributed by atoms with Gasteiger partial charge in [-0.15, -0.1) is 0 Å². The highest BCUT2D eigenvalue weighted by molar-refractivity contribution is 5.90. The van der Waals surface area contributed by atoms with Crippen molar-refractivity contribution in [3.63, 3.8) is 0 Å². The van der Waals surface area contributed by atoms with Crippen LogP contribution in [0.5, 0.6) is 0 Å². The zero-order chi connectivity index (χ0) is 19.5. The first-order valence-electron chi connectivity index (χ1n) is 6.81. The number of rotatable bonds is 5. The maximum absolute atomic E-state index is 13.5. The number of amides is 1. The molecule has 25 heavy (non-hydrogen) atoms. The summed E-state index contributed by atoms with van der Waals surface area (Å²) in [4.78, 5) is 23.1. The predicted molar refractivity (Wildman–Crippen MR) is 74.3 cm³/mol. The molecule has 0 aliphatic rings. The van der Waals surface area contributed by atoms with Crippen molar-refractivity contribution in [1.82, 2.24) is 5.32 Å². The van der Waals surface area contributed by atoms with Gasteiger partial charge in [-0.1, -0.05) is 6.07 Å². The number of esters is 1. The van der Waals surface area contributed by atoms with Gasteiger partial charge >= 0.3 is 24.0 Å². The van der Waals surface area contributed by atoms with Crippen LogP contribution in [0, 0.1) is 0 Å². The minimum absolute atomic E-state index is 0.377. The molecule has 1 rings (SSSR count). The van der Waals surface area contributed by atoms with Crippen molar-refractivity contribution >= 4 is 17.6 Å². The lowest BCUT2D eigenvalue weighted by molar-refractivity contribution is -0.207. The molecule has 0 fully saturated rings. The molecule has 1 aromatic carbocycles. The summed E-state index contributed by atoms with van der Waals surface area (Å²) in [6.45, 7) is 1.51. The molecule has 1 amide bonds. The molecule has 1 atom stereocenters. The summed E-state index contributed by atoms with van der Waals surface area (Å²) >= 11 is 0. The summed E-state index contributed by atoms with van der Waals surface area (Å²) < 4.78 is 83.1. The highest BCUT2D eigenvalue weighted by atomic mass is 19.4. The molecule has 5 nitrogen and oxygen atoms in total. The van der Waals surface area contributed by atoms with Gasteiger partial charge in [0.25, 0.3) is 0 Å². The van der Waals surface area contributed by atoms with Crippen LogP contribution in [0.4, 0.5) is 32.0 Å². The molecule has 0 bridgehead atoms. The summed E-state index contributed by atoms with van der Waals surface area (Å²) in [7, 11) is 0. The van der Waals surface area contributed by atoms with Gasteiger partial charge in [-0.3, -0.25) is 4.79 Å². The summed E-state index contributed by atoms with van der Waals surface area (Å²) in [6.07, 6.45) is -10.2. The third kappa shape index (κ3) is 4.77. The molecule has 0 unspecified atom stereocenters. The summed E-state index contributed by atoms with van der Waals surface area (Å²) in [5, 5.41) is 3.02. The normalized spacial score (nSPS) is 14.4. The second-order valence-corrected chi connectivity index (χ2v) is 4.85. The predicted octanol–water partition coefficient (Wildman–Crippen LogP) is 3.08. The standard InChI is InChI=1S/C14H14F6N2O3/c1-3-25-11(24)12(14(18,19)20,21-8(2)23)22-10-6-4-5-9(7-10)13(15,16)17/h4-7,22H,3H2,1-2H3,(H,21,23)/t12-/m0/s1. The monoisotopic (exact) mass is 372 g/mol. The smallest absolute Gasteiger partial charge is 0.441 e. The minimum atomic E-state index is -5.40. The minimum Gasteiger partial charge on any atom is -0.463 e. The Morgan fingerprint density at radius 3 is 2.16 bits per heavy atom. The lowest BCUT2D eigenvalue weighted by Crippen LogP contribution is -2.69. The van der Waals surface area contributed by atoms with Crippen molar-refractivity contribution in [2.45, 2.75) is 31.9 Å². The van der Waals surface area contributed by atoms with E-state index in [0.29, 0.717) is 19.1 Å². The Morgan fingerprint density at radius 2 is 1.72 bits per heavy atom. The van der Waals surface area contributed by atoms with Gasteiger partial charge in [0.15, 0.2) is 0 Å². The van der Waals surface area contributed by atoms with E-state index >= 15 is 0 Å². The molecule has 0 radical (unpaired) electrons. The number of anilines is 1. The van der Waals surface area contributed by atoms with Gasteiger partial charge < -0.3 is 15.4 Å². The van der Waals surface area contributed by atoms with E-state index in [2.05, 4.69) is 4.74 Å². The topological polar surface area (TPSA) is 67.4 Å². The number of hydrogen-bond donors (Lipinski definition) is 2. The number of alkyl halides is 6. The first-order valence-corrected chi connectivity index (χ1v) is 6.81. The van der Waals surface area contributed by atoms with Crippen molar-refractivity contribution in [2.75, 3.05) is 11.9 Å². The average Bonchev–Trinajstić information content (AvgIpc) is 2.44. The van der Waals surface area contributed by atoms with E-state index in [-0.39, 0.29) is 0 Å². The fourth-order valence-corrected chi connectivity index (χ4v) is 1.88. The van der Waals surface area contributed by atoms with E-state index < -0.39 is 47.7 Å². The molecule has 0 spiro atoms. The molecule has 11 heteroatoms. The molecule has 0 aromatic heterocycles. The van der Waals surface area contributed by atoms with Gasteiger partial charge in [0, 0.05) is 12.6 Å². The van der Waals surface area contributed by atoms with Crippen LogP contribution >= 0.6 is 0 Å². The molecule has 2 N–H and O–H groups in total. The van der Waals surface area contributed by atoms with Crippen molar-refractivity contribution in [3.8, 4) is 0 Å². The third-order valence-corrected chi connectivity index (χ3v) is 2.89. The van der Waals surface area contributed by atoms with Gasteiger partial charge in [0.05, 0.1) is 12.2 Å². The van der Waals surface area contributed by atoms with E-state index in [1.807, 2.05) is 0 Å².